The molecule has 0 saturated heterocycles. The van der Waals surface area contributed by atoms with E-state index in [-0.39, 0.29) is 16.5 Å². The number of anilines is 3. The molecule has 0 bridgehead atoms. The molecule has 178 valence electrons. The molecular formula is C23H20N6O5S. The number of nitrogens with one attached hydrogen (secondary N) is 3. The second kappa shape index (κ2) is 10.2. The molecule has 35 heavy (non-hydrogen) atoms. The summed E-state index contributed by atoms with van der Waals surface area (Å²) in [7, 11) is -4.00. The van der Waals surface area contributed by atoms with Crippen molar-refractivity contribution in [2.45, 2.75) is 11.8 Å². The normalized spacial score (nSPS) is 11.0. The van der Waals surface area contributed by atoms with Crippen LogP contribution < -0.4 is 20.3 Å². The summed E-state index contributed by atoms with van der Waals surface area (Å²) in [5, 5.41) is 14.6. The zero-order chi connectivity index (χ0) is 24.8. The molecule has 11 nitrogen and oxygen atoms in total. The minimum atomic E-state index is -4.00. The van der Waals surface area contributed by atoms with Gasteiger partial charge in [0.25, 0.3) is 10.0 Å². The second-order valence-corrected chi connectivity index (χ2v) is 8.97. The zero-order valence-electron chi connectivity index (χ0n) is 18.4. The smallest absolute Gasteiger partial charge is 0.354 e. The van der Waals surface area contributed by atoms with Crippen LogP contribution in [0, 0.1) is 17.0 Å². The van der Waals surface area contributed by atoms with Crippen LogP contribution in [0.2, 0.25) is 0 Å². The Labute approximate surface area is 201 Å². The SMILES string of the molecule is Cc1ccc(S(=O)(=O)NNc2ncnc(Nc3ccc(Oc4ccccc4)cc3)c2[N+](=O)[O-])cc1. The minimum absolute atomic E-state index is 0.0107. The van der Waals surface area contributed by atoms with Crippen LogP contribution in [0.4, 0.5) is 23.0 Å². The fraction of sp³-hybridized carbons (Fsp3) is 0.0435. The Balaban J connectivity index is 1.51. The van der Waals surface area contributed by atoms with E-state index in [4.69, 9.17) is 4.74 Å². The minimum Gasteiger partial charge on any atom is -0.457 e. The number of sulfonamides is 1. The standard InChI is InChI=1S/C23H20N6O5S/c1-16-7-13-20(14-8-16)35(32,33)28-27-23-21(29(30)31)22(24-15-25-23)26-17-9-11-19(12-10-17)34-18-5-3-2-4-6-18/h2-15,28H,1H3,(H2,24,25,26,27). The van der Waals surface area contributed by atoms with Crippen molar-refractivity contribution in [3.05, 3.63) is 101 Å². The van der Waals surface area contributed by atoms with E-state index in [9.17, 15) is 18.5 Å². The molecule has 4 rings (SSSR count). The lowest BCUT2D eigenvalue weighted by Gasteiger charge is -2.12. The third-order valence-corrected chi connectivity index (χ3v) is 6.00. The highest BCUT2D eigenvalue weighted by atomic mass is 32.2. The molecule has 12 heteroatoms. The van der Waals surface area contributed by atoms with Crippen molar-refractivity contribution in [2.75, 3.05) is 10.7 Å². The fourth-order valence-corrected chi connectivity index (χ4v) is 3.84. The molecular weight excluding hydrogens is 472 g/mol. The van der Waals surface area contributed by atoms with Crippen LogP contribution in [-0.2, 0) is 10.0 Å². The number of ether oxygens (including phenoxy) is 1. The van der Waals surface area contributed by atoms with Crippen molar-refractivity contribution in [3.63, 3.8) is 0 Å². The van der Waals surface area contributed by atoms with Crippen LogP contribution in [0.15, 0.2) is 90.1 Å². The van der Waals surface area contributed by atoms with Gasteiger partial charge >= 0.3 is 5.69 Å². The van der Waals surface area contributed by atoms with E-state index < -0.39 is 20.6 Å². The molecule has 0 saturated carbocycles. The molecule has 0 spiro atoms. The molecule has 0 aliphatic carbocycles. The van der Waals surface area contributed by atoms with Crippen molar-refractivity contribution in [1.29, 1.82) is 0 Å². The lowest BCUT2D eigenvalue weighted by Crippen LogP contribution is -2.30. The number of aromatic nitrogens is 2. The largest absolute Gasteiger partial charge is 0.457 e. The Kier molecular flexibility index (Phi) is 6.85. The van der Waals surface area contributed by atoms with E-state index in [1.54, 1.807) is 36.4 Å². The van der Waals surface area contributed by atoms with Gasteiger partial charge in [-0.05, 0) is 55.5 Å². The van der Waals surface area contributed by atoms with Crippen molar-refractivity contribution in [3.8, 4) is 11.5 Å². The first-order chi connectivity index (χ1) is 16.8. The molecule has 4 aromatic rings. The molecule has 0 aliphatic heterocycles. The van der Waals surface area contributed by atoms with Gasteiger partial charge in [-0.25, -0.2) is 18.4 Å². The van der Waals surface area contributed by atoms with Gasteiger partial charge in [0.1, 0.15) is 17.8 Å². The highest BCUT2D eigenvalue weighted by Gasteiger charge is 2.25. The first-order valence-electron chi connectivity index (χ1n) is 10.3. The predicted molar refractivity (Wildman–Crippen MR) is 130 cm³/mol. The van der Waals surface area contributed by atoms with Gasteiger partial charge in [-0.15, -0.1) is 4.83 Å². The number of hydrogen-bond donors (Lipinski definition) is 3. The van der Waals surface area contributed by atoms with E-state index in [1.807, 2.05) is 37.3 Å². The number of benzene rings is 3. The number of nitro groups is 1. The van der Waals surface area contributed by atoms with Gasteiger partial charge in [0.15, 0.2) is 0 Å². The molecule has 0 radical (unpaired) electrons. The molecule has 0 unspecified atom stereocenters. The van der Waals surface area contributed by atoms with Crippen LogP contribution >= 0.6 is 0 Å². The van der Waals surface area contributed by atoms with Gasteiger partial charge in [0, 0.05) is 5.69 Å². The van der Waals surface area contributed by atoms with Crippen molar-refractivity contribution >= 4 is 33.0 Å². The zero-order valence-corrected chi connectivity index (χ0v) is 19.2. The molecule has 3 aromatic carbocycles. The molecule has 0 atom stereocenters. The van der Waals surface area contributed by atoms with E-state index >= 15 is 0 Å². The average Bonchev–Trinajstić information content (AvgIpc) is 2.85. The van der Waals surface area contributed by atoms with Crippen molar-refractivity contribution < 1.29 is 18.1 Å². The number of para-hydroxylation sites is 1. The third kappa shape index (κ3) is 5.88. The van der Waals surface area contributed by atoms with Crippen LogP contribution in [0.5, 0.6) is 11.5 Å². The summed E-state index contributed by atoms with van der Waals surface area (Å²) in [6.07, 6.45) is 1.07. The number of hydrogen-bond acceptors (Lipinski definition) is 9. The maximum absolute atomic E-state index is 12.5. The lowest BCUT2D eigenvalue weighted by atomic mass is 10.2. The summed E-state index contributed by atoms with van der Waals surface area (Å²) in [4.78, 5) is 20.9. The Hall–Kier alpha value is -4.55. The van der Waals surface area contributed by atoms with Gasteiger partial charge in [0.05, 0.1) is 9.82 Å². The van der Waals surface area contributed by atoms with Gasteiger partial charge < -0.3 is 10.1 Å². The van der Waals surface area contributed by atoms with Crippen LogP contribution in [0.3, 0.4) is 0 Å². The first kappa shape index (κ1) is 23.6. The predicted octanol–water partition coefficient (Wildman–Crippen LogP) is 4.53. The Morgan fingerprint density at radius 1 is 0.857 bits per heavy atom. The number of rotatable bonds is 9. The molecule has 0 aliphatic rings. The Morgan fingerprint density at radius 2 is 1.49 bits per heavy atom. The Bertz CT molecular complexity index is 1430. The molecule has 0 fully saturated rings. The van der Waals surface area contributed by atoms with Gasteiger partial charge in [-0.1, -0.05) is 35.9 Å². The lowest BCUT2D eigenvalue weighted by molar-refractivity contribution is -0.383. The molecule has 1 aromatic heterocycles. The van der Waals surface area contributed by atoms with E-state index in [0.717, 1.165) is 11.9 Å². The summed E-state index contributed by atoms with van der Waals surface area (Å²) in [5.74, 6) is 0.793. The third-order valence-electron chi connectivity index (χ3n) is 4.74. The summed E-state index contributed by atoms with van der Waals surface area (Å²) < 4.78 is 30.8. The molecule has 1 heterocycles. The average molecular weight is 493 g/mol. The van der Waals surface area contributed by atoms with Gasteiger partial charge in [0.2, 0.25) is 11.6 Å². The van der Waals surface area contributed by atoms with Gasteiger partial charge in [-0.3, -0.25) is 15.5 Å². The monoisotopic (exact) mass is 492 g/mol. The number of hydrazine groups is 1. The first-order valence-corrected chi connectivity index (χ1v) is 11.7. The van der Waals surface area contributed by atoms with Gasteiger partial charge in [-0.2, -0.15) is 0 Å². The van der Waals surface area contributed by atoms with E-state index in [0.29, 0.717) is 17.2 Å². The quantitative estimate of drug-likeness (QED) is 0.226. The summed E-state index contributed by atoms with van der Waals surface area (Å²) >= 11 is 0. The highest BCUT2D eigenvalue weighted by molar-refractivity contribution is 7.89. The van der Waals surface area contributed by atoms with E-state index in [2.05, 4.69) is 25.5 Å². The second-order valence-electron chi connectivity index (χ2n) is 7.28. The highest BCUT2D eigenvalue weighted by Crippen LogP contribution is 2.32. The van der Waals surface area contributed by atoms with Crippen molar-refractivity contribution in [1.82, 2.24) is 14.8 Å². The Morgan fingerprint density at radius 3 is 2.14 bits per heavy atom. The fourth-order valence-electron chi connectivity index (χ4n) is 2.99. The van der Waals surface area contributed by atoms with Crippen LogP contribution in [0.25, 0.3) is 0 Å². The molecule has 0 amide bonds. The summed E-state index contributed by atoms with van der Waals surface area (Å²) in [5.41, 5.74) is 3.17. The maximum Gasteiger partial charge on any atom is 0.354 e. The van der Waals surface area contributed by atoms with Crippen LogP contribution in [0.1, 0.15) is 5.56 Å². The summed E-state index contributed by atoms with van der Waals surface area (Å²) in [6.45, 7) is 1.82. The maximum atomic E-state index is 12.5. The molecule has 3 N–H and O–H groups in total. The topological polar surface area (TPSA) is 148 Å². The van der Waals surface area contributed by atoms with Crippen molar-refractivity contribution in [2.24, 2.45) is 0 Å². The van der Waals surface area contributed by atoms with E-state index in [1.165, 1.54) is 12.1 Å². The van der Waals surface area contributed by atoms with Crippen LogP contribution in [-0.4, -0.2) is 23.3 Å². The number of aryl methyl sites for hydroxylation is 1. The number of nitrogens with zero attached hydrogens (tertiary/aromatic N) is 3. The summed E-state index contributed by atoms with van der Waals surface area (Å²) in [6, 6.07) is 22.1.